The summed E-state index contributed by atoms with van der Waals surface area (Å²) in [4.78, 5) is 0. The molecule has 0 aromatic carbocycles. The molecule has 1 atom stereocenters. The topological polar surface area (TPSA) is 26.0 Å². The van der Waals surface area contributed by atoms with E-state index in [2.05, 4.69) is 30.9 Å². The molecule has 1 unspecified atom stereocenters. The molecule has 0 aliphatic carbocycles. The summed E-state index contributed by atoms with van der Waals surface area (Å²) in [5.74, 6) is 0. The van der Waals surface area contributed by atoms with Gasteiger partial charge in [0, 0.05) is 4.05 Å². The van der Waals surface area contributed by atoms with Crippen LogP contribution in [-0.4, -0.2) is 8.06 Å². The lowest BCUT2D eigenvalue weighted by Crippen LogP contribution is -2.04. The van der Waals surface area contributed by atoms with Crippen LogP contribution in [-0.2, 0) is 0 Å². The van der Waals surface area contributed by atoms with Gasteiger partial charge in [-0.15, -0.1) is 20.7 Å². The first-order valence-electron chi connectivity index (χ1n) is 2.97. The van der Waals surface area contributed by atoms with Crippen molar-refractivity contribution < 1.29 is 0 Å². The molecule has 2 N–H and O–H groups in total. The predicted octanol–water partition coefficient (Wildman–Crippen LogP) is 2.03. The smallest absolute Gasteiger partial charge is 0.0491 e. The molecule has 0 amide bonds. The molecule has 0 aliphatic heterocycles. The van der Waals surface area contributed by atoms with Crippen molar-refractivity contribution in [3.8, 4) is 0 Å². The van der Waals surface area contributed by atoms with Gasteiger partial charge in [0.1, 0.15) is 0 Å². The normalized spacial score (nSPS) is 14.7. The fourth-order valence-electron chi connectivity index (χ4n) is 0.277. The third-order valence-electron chi connectivity index (χ3n) is 0.668. The summed E-state index contributed by atoms with van der Waals surface area (Å²) in [6.07, 6.45) is 2.15. The number of hydrogen-bond acceptors (Lipinski definition) is 1. The molecule has 0 bridgehead atoms. The number of rotatable bonds is 2. The molecular formula is C7H14IN. The van der Waals surface area contributed by atoms with Crippen molar-refractivity contribution in [1.29, 1.82) is 0 Å². The Labute approximate surface area is 67.1 Å². The Kier molecular flexibility index (Phi) is 5.28. The molecule has 0 rings (SSSR count). The first-order valence-corrected chi connectivity index (χ1v) is 5.46. The van der Waals surface area contributed by atoms with Crippen LogP contribution in [0.1, 0.15) is 20.8 Å². The molecular weight excluding hydrogens is 225 g/mol. The van der Waals surface area contributed by atoms with Crippen molar-refractivity contribution in [3.63, 3.8) is 0 Å². The van der Waals surface area contributed by atoms with Crippen LogP contribution in [0.2, 0.25) is 0 Å². The molecule has 0 aromatic rings. The van der Waals surface area contributed by atoms with Gasteiger partial charge in [0.05, 0.1) is 0 Å². The fraction of sp³-hybridized carbons (Fsp3) is 0.571. The van der Waals surface area contributed by atoms with Gasteiger partial charge in [0.25, 0.3) is 0 Å². The molecule has 2 heteroatoms. The highest BCUT2D eigenvalue weighted by molar-refractivity contribution is 14.2. The molecule has 0 aliphatic rings. The zero-order chi connectivity index (χ0) is 7.28. The molecule has 0 spiro atoms. The summed E-state index contributed by atoms with van der Waals surface area (Å²) in [7, 11) is 0. The summed E-state index contributed by atoms with van der Waals surface area (Å²) < 4.78 is 2.62. The van der Waals surface area contributed by atoms with E-state index in [0.717, 1.165) is 0 Å². The largest absolute Gasteiger partial charge is 0.320 e. The van der Waals surface area contributed by atoms with Crippen molar-refractivity contribution in [3.05, 3.63) is 11.6 Å². The van der Waals surface area contributed by atoms with Gasteiger partial charge in [-0.05, 0) is 24.8 Å². The van der Waals surface area contributed by atoms with E-state index in [1.54, 1.807) is 0 Å². The Morgan fingerprint density at radius 3 is 2.44 bits per heavy atom. The minimum absolute atomic E-state index is 0.108. The molecule has 1 nitrogen and oxygen atoms in total. The van der Waals surface area contributed by atoms with Crippen LogP contribution >= 0.6 is 20.7 Å². The number of alkyl halides is 1. The zero-order valence-corrected chi connectivity index (χ0v) is 8.34. The van der Waals surface area contributed by atoms with Gasteiger partial charge >= 0.3 is 0 Å². The molecule has 0 aromatic heterocycles. The van der Waals surface area contributed by atoms with Gasteiger partial charge in [-0.1, -0.05) is 11.6 Å². The zero-order valence-electron chi connectivity index (χ0n) is 6.19. The molecule has 9 heavy (non-hydrogen) atoms. The van der Waals surface area contributed by atoms with E-state index in [-0.39, 0.29) is 20.7 Å². The maximum absolute atomic E-state index is 5.57. The van der Waals surface area contributed by atoms with E-state index in [1.807, 2.05) is 0 Å². The van der Waals surface area contributed by atoms with E-state index in [0.29, 0.717) is 4.05 Å². The highest BCUT2D eigenvalue weighted by Gasteiger charge is 1.79. The van der Waals surface area contributed by atoms with Crippen LogP contribution in [0.5, 0.6) is 0 Å². The highest BCUT2D eigenvalue weighted by Crippen LogP contribution is 2.00. The highest BCUT2D eigenvalue weighted by atomic mass is 127. The first-order chi connectivity index (χ1) is 4.13. The fourth-order valence-corrected chi connectivity index (χ4v) is 1.86. The summed E-state index contributed by atoms with van der Waals surface area (Å²) >= 11 is 0.108. The maximum Gasteiger partial charge on any atom is 0.0491 e. The Hall–Kier alpha value is 0.300. The molecule has 0 heterocycles. The van der Waals surface area contributed by atoms with Crippen LogP contribution in [0, 0.1) is 0 Å². The summed E-state index contributed by atoms with van der Waals surface area (Å²) in [5.41, 5.74) is 6.92. The lowest BCUT2D eigenvalue weighted by atomic mass is 10.3. The number of hydrogen-bond donors (Lipinski definition) is 1. The summed E-state index contributed by atoms with van der Waals surface area (Å²) in [5, 5.41) is 0. The Balaban J connectivity index is 3.60. The van der Waals surface area contributed by atoms with Crippen molar-refractivity contribution in [2.75, 3.05) is 0 Å². The monoisotopic (exact) mass is 239 g/mol. The van der Waals surface area contributed by atoms with Crippen LogP contribution < -0.4 is 5.73 Å². The van der Waals surface area contributed by atoms with Crippen LogP contribution in [0.3, 0.4) is 0 Å². The van der Waals surface area contributed by atoms with Crippen molar-refractivity contribution in [2.45, 2.75) is 24.8 Å². The average Bonchev–Trinajstić information content (AvgIpc) is 1.63. The average molecular weight is 239 g/mol. The van der Waals surface area contributed by atoms with E-state index in [1.165, 1.54) is 5.57 Å². The molecule has 0 saturated heterocycles. The van der Waals surface area contributed by atoms with E-state index in [9.17, 15) is 0 Å². The van der Waals surface area contributed by atoms with E-state index in [4.69, 9.17) is 5.73 Å². The third kappa shape index (κ3) is 8.30. The van der Waals surface area contributed by atoms with Gasteiger partial charge in [-0.3, -0.25) is 0 Å². The Morgan fingerprint density at radius 2 is 2.11 bits per heavy atom. The first kappa shape index (κ1) is 9.30. The van der Waals surface area contributed by atoms with Gasteiger partial charge < -0.3 is 5.73 Å². The maximum atomic E-state index is 5.57. The second-order valence-electron chi connectivity index (χ2n) is 2.17. The SMILES string of the molecule is CC(C)=CC=IC(C)N. The standard InChI is InChI=1S/C7H14IN/c1-6(2)4-5-8-7(3)9/h4-5,7H,9H2,1-3H3. The predicted molar refractivity (Wildman–Crippen MR) is 53.2 cm³/mol. The second kappa shape index (κ2) is 5.11. The summed E-state index contributed by atoms with van der Waals surface area (Å²) in [6.45, 7) is 6.26. The van der Waals surface area contributed by atoms with E-state index >= 15 is 0 Å². The lowest BCUT2D eigenvalue weighted by molar-refractivity contribution is 1.09. The minimum atomic E-state index is 0.108. The van der Waals surface area contributed by atoms with Crippen molar-refractivity contribution in [2.24, 2.45) is 5.73 Å². The third-order valence-corrected chi connectivity index (χ3v) is 2.58. The molecule has 0 fully saturated rings. The van der Waals surface area contributed by atoms with Gasteiger partial charge in [-0.2, -0.15) is 0 Å². The number of halogens is 1. The van der Waals surface area contributed by atoms with Gasteiger partial charge in [0.15, 0.2) is 0 Å². The summed E-state index contributed by atoms with van der Waals surface area (Å²) in [6, 6.07) is 0. The van der Waals surface area contributed by atoms with Crippen LogP contribution in [0.25, 0.3) is 0 Å². The van der Waals surface area contributed by atoms with Gasteiger partial charge in [-0.25, -0.2) is 0 Å². The van der Waals surface area contributed by atoms with E-state index < -0.39 is 0 Å². The van der Waals surface area contributed by atoms with Crippen molar-refractivity contribution in [1.82, 2.24) is 0 Å². The van der Waals surface area contributed by atoms with Crippen molar-refractivity contribution >= 4 is 24.7 Å². The molecule has 0 radical (unpaired) electrons. The van der Waals surface area contributed by atoms with Crippen LogP contribution in [0.15, 0.2) is 11.6 Å². The quantitative estimate of drug-likeness (QED) is 0.445. The Bertz CT molecular complexity index is 121. The Morgan fingerprint density at radius 1 is 1.56 bits per heavy atom. The molecule has 0 saturated carbocycles. The van der Waals surface area contributed by atoms with Gasteiger partial charge in [0.2, 0.25) is 0 Å². The second-order valence-corrected chi connectivity index (χ2v) is 5.58. The lowest BCUT2D eigenvalue weighted by Gasteiger charge is -1.90. The van der Waals surface area contributed by atoms with Crippen LogP contribution in [0.4, 0.5) is 0 Å². The molecule has 54 valence electrons. The number of nitrogens with two attached hydrogens (primary N) is 1. The minimum Gasteiger partial charge on any atom is -0.320 e. The number of allylic oxidation sites excluding steroid dienone is 2.